The average molecular weight is 291 g/mol. The lowest BCUT2D eigenvalue weighted by molar-refractivity contribution is 1.05. The van der Waals surface area contributed by atoms with Crippen LogP contribution in [0.4, 0.5) is 0 Å². The van der Waals surface area contributed by atoms with E-state index in [2.05, 4.69) is 49.5 Å². The summed E-state index contributed by atoms with van der Waals surface area (Å²) in [6.45, 7) is 17.9. The molecular weight excluding hydrogens is 266 g/mol. The van der Waals surface area contributed by atoms with Crippen molar-refractivity contribution in [2.24, 2.45) is 0 Å². The zero-order valence-corrected chi connectivity index (χ0v) is 13.8. The number of aromatic nitrogens is 1. The van der Waals surface area contributed by atoms with Gasteiger partial charge in [0, 0.05) is 22.0 Å². The topological polar surface area (TPSA) is 4.93 Å². The number of hydrogen-bond donors (Lipinski definition) is 0. The number of allylic oxidation sites excluding steroid dienone is 9. The van der Waals surface area contributed by atoms with Crippen molar-refractivity contribution < 1.29 is 0 Å². The van der Waals surface area contributed by atoms with Crippen LogP contribution in [-0.4, -0.2) is 4.57 Å². The first-order valence-corrected chi connectivity index (χ1v) is 7.40. The van der Waals surface area contributed by atoms with Gasteiger partial charge in [-0.15, -0.1) is 0 Å². The molecule has 1 aromatic heterocycles. The SMILES string of the molecule is C=C/C=C\C(=C/C)n1c(/C=C\C=C)c(C)/c(=C/C=C\C)c1=C. The first kappa shape index (κ1) is 17.5. The van der Waals surface area contributed by atoms with Crippen molar-refractivity contribution in [1.82, 2.24) is 4.57 Å². The maximum Gasteiger partial charge on any atom is 0.0497 e. The fourth-order valence-corrected chi connectivity index (χ4v) is 2.32. The van der Waals surface area contributed by atoms with Gasteiger partial charge in [0.15, 0.2) is 0 Å². The van der Waals surface area contributed by atoms with E-state index in [1.54, 1.807) is 12.2 Å². The highest BCUT2D eigenvalue weighted by Gasteiger charge is 2.09. The summed E-state index contributed by atoms with van der Waals surface area (Å²) in [5.74, 6) is 0. The molecule has 0 N–H and O–H groups in total. The predicted octanol–water partition coefficient (Wildman–Crippen LogP) is 4.37. The third-order valence-electron chi connectivity index (χ3n) is 3.41. The van der Waals surface area contributed by atoms with Gasteiger partial charge in [-0.2, -0.15) is 0 Å². The molecule has 0 spiro atoms. The third-order valence-corrected chi connectivity index (χ3v) is 3.41. The van der Waals surface area contributed by atoms with E-state index in [1.807, 2.05) is 44.2 Å². The highest BCUT2D eigenvalue weighted by molar-refractivity contribution is 5.66. The van der Waals surface area contributed by atoms with Crippen molar-refractivity contribution >= 4 is 24.4 Å². The molecule has 0 bridgehead atoms. The van der Waals surface area contributed by atoms with E-state index in [1.165, 1.54) is 5.56 Å². The van der Waals surface area contributed by atoms with E-state index in [-0.39, 0.29) is 0 Å². The molecule has 0 amide bonds. The standard InChI is InChI=1S/C21H25N/c1-7-11-14-19(10-4)22-18(6)20(15-12-8-2)17(5)21(22)16-13-9-3/h7-16H,1,3,6H2,2,4-5H3/b12-8-,14-11-,16-13-,19-10+,20-15-. The number of nitrogens with zero attached hydrogens (tertiary/aromatic N) is 1. The van der Waals surface area contributed by atoms with Crippen LogP contribution in [0.5, 0.6) is 0 Å². The van der Waals surface area contributed by atoms with Crippen LogP contribution in [0.15, 0.2) is 61.8 Å². The van der Waals surface area contributed by atoms with Gasteiger partial charge < -0.3 is 4.57 Å². The van der Waals surface area contributed by atoms with Crippen molar-refractivity contribution in [1.29, 1.82) is 0 Å². The van der Waals surface area contributed by atoms with Crippen molar-refractivity contribution in [3.8, 4) is 0 Å². The minimum absolute atomic E-state index is 0.973. The van der Waals surface area contributed by atoms with E-state index < -0.39 is 0 Å². The molecule has 1 heterocycles. The third kappa shape index (κ3) is 3.76. The van der Waals surface area contributed by atoms with Crippen LogP contribution in [-0.2, 0) is 0 Å². The Kier molecular flexibility index (Phi) is 6.91. The van der Waals surface area contributed by atoms with Gasteiger partial charge in [-0.1, -0.05) is 68.3 Å². The molecule has 0 aliphatic rings. The molecule has 1 nitrogen and oxygen atoms in total. The second kappa shape index (κ2) is 8.68. The molecule has 22 heavy (non-hydrogen) atoms. The molecule has 0 radical (unpaired) electrons. The Morgan fingerprint density at radius 3 is 2.27 bits per heavy atom. The lowest BCUT2D eigenvalue weighted by Crippen LogP contribution is -2.27. The van der Waals surface area contributed by atoms with Gasteiger partial charge in [0.05, 0.1) is 0 Å². The Labute approximate surface area is 134 Å². The van der Waals surface area contributed by atoms with Crippen LogP contribution in [0.1, 0.15) is 25.1 Å². The van der Waals surface area contributed by atoms with Gasteiger partial charge in [0.2, 0.25) is 0 Å². The van der Waals surface area contributed by atoms with Gasteiger partial charge >= 0.3 is 0 Å². The zero-order valence-electron chi connectivity index (χ0n) is 13.8. The fourth-order valence-electron chi connectivity index (χ4n) is 2.32. The summed E-state index contributed by atoms with van der Waals surface area (Å²) < 4.78 is 2.16. The molecule has 114 valence electrons. The van der Waals surface area contributed by atoms with Crippen molar-refractivity contribution in [3.63, 3.8) is 0 Å². The summed E-state index contributed by atoms with van der Waals surface area (Å²) in [7, 11) is 0. The summed E-state index contributed by atoms with van der Waals surface area (Å²) in [4.78, 5) is 0. The largest absolute Gasteiger partial charge is 0.311 e. The second-order valence-electron chi connectivity index (χ2n) is 4.80. The molecule has 1 heteroatoms. The Morgan fingerprint density at radius 1 is 1.05 bits per heavy atom. The highest BCUT2D eigenvalue weighted by Crippen LogP contribution is 2.13. The molecule has 1 rings (SSSR count). The fraction of sp³-hybridized carbons (Fsp3) is 0.143. The van der Waals surface area contributed by atoms with Crippen molar-refractivity contribution in [3.05, 3.63) is 83.6 Å². The minimum atomic E-state index is 0.973. The molecule has 0 unspecified atom stereocenters. The molecule has 0 fully saturated rings. The molecular formula is C21H25N. The van der Waals surface area contributed by atoms with Crippen LogP contribution >= 0.6 is 0 Å². The molecule has 0 aromatic carbocycles. The second-order valence-corrected chi connectivity index (χ2v) is 4.80. The highest BCUT2D eigenvalue weighted by atomic mass is 15.0. The average Bonchev–Trinajstić information content (AvgIpc) is 2.75. The lowest BCUT2D eigenvalue weighted by atomic mass is 10.2. The molecule has 0 saturated carbocycles. The van der Waals surface area contributed by atoms with E-state index >= 15 is 0 Å². The lowest BCUT2D eigenvalue weighted by Gasteiger charge is -2.08. The molecule has 1 aromatic rings. The van der Waals surface area contributed by atoms with Gasteiger partial charge in [-0.05, 0) is 38.5 Å². The van der Waals surface area contributed by atoms with Crippen LogP contribution in [0.2, 0.25) is 0 Å². The van der Waals surface area contributed by atoms with Gasteiger partial charge in [0.1, 0.15) is 0 Å². The maximum absolute atomic E-state index is 4.28. The quantitative estimate of drug-likeness (QED) is 0.686. The molecule has 0 aliphatic heterocycles. The molecule has 0 saturated heterocycles. The smallest absolute Gasteiger partial charge is 0.0497 e. The van der Waals surface area contributed by atoms with Crippen LogP contribution < -0.4 is 10.6 Å². The Bertz CT molecular complexity index is 762. The van der Waals surface area contributed by atoms with Gasteiger partial charge in [0.25, 0.3) is 0 Å². The summed E-state index contributed by atoms with van der Waals surface area (Å²) in [6, 6.07) is 0. The first-order valence-electron chi connectivity index (χ1n) is 7.40. The van der Waals surface area contributed by atoms with Gasteiger partial charge in [-0.25, -0.2) is 0 Å². The molecule has 0 aliphatic carbocycles. The van der Waals surface area contributed by atoms with E-state index in [4.69, 9.17) is 0 Å². The Balaban J connectivity index is 3.78. The van der Waals surface area contributed by atoms with E-state index in [9.17, 15) is 0 Å². The summed E-state index contributed by atoms with van der Waals surface area (Å²) in [5, 5.41) is 2.12. The minimum Gasteiger partial charge on any atom is -0.311 e. The van der Waals surface area contributed by atoms with Crippen molar-refractivity contribution in [2.45, 2.75) is 20.8 Å². The van der Waals surface area contributed by atoms with Crippen molar-refractivity contribution in [2.75, 3.05) is 0 Å². The zero-order chi connectivity index (χ0) is 16.5. The summed E-state index contributed by atoms with van der Waals surface area (Å²) >= 11 is 0. The first-order chi connectivity index (χ1) is 10.6. The Hall–Kier alpha value is -2.54. The predicted molar refractivity (Wildman–Crippen MR) is 102 cm³/mol. The van der Waals surface area contributed by atoms with Crippen LogP contribution in [0, 0.1) is 6.92 Å². The summed E-state index contributed by atoms with van der Waals surface area (Å²) in [5.41, 5.74) is 3.38. The monoisotopic (exact) mass is 291 g/mol. The normalized spacial score (nSPS) is 13.8. The van der Waals surface area contributed by atoms with E-state index in [0.29, 0.717) is 0 Å². The number of hydrogen-bond acceptors (Lipinski definition) is 0. The van der Waals surface area contributed by atoms with Crippen LogP contribution in [0.25, 0.3) is 24.4 Å². The summed E-state index contributed by atoms with van der Waals surface area (Å²) in [6.07, 6.45) is 19.8. The van der Waals surface area contributed by atoms with E-state index in [0.717, 1.165) is 22.0 Å². The van der Waals surface area contributed by atoms with Crippen LogP contribution in [0.3, 0.4) is 0 Å². The number of rotatable bonds is 6. The maximum atomic E-state index is 4.28. The molecule has 0 atom stereocenters. The Morgan fingerprint density at radius 2 is 1.73 bits per heavy atom. The van der Waals surface area contributed by atoms with Gasteiger partial charge in [-0.3, -0.25) is 0 Å².